The summed E-state index contributed by atoms with van der Waals surface area (Å²) in [7, 11) is 0. The van der Waals surface area contributed by atoms with Crippen molar-refractivity contribution < 1.29 is 4.79 Å². The van der Waals surface area contributed by atoms with Crippen LogP contribution in [0, 0.1) is 6.92 Å². The van der Waals surface area contributed by atoms with Gasteiger partial charge < -0.3 is 10.6 Å². The van der Waals surface area contributed by atoms with Gasteiger partial charge in [-0.15, -0.1) is 12.4 Å². The second kappa shape index (κ2) is 7.36. The van der Waals surface area contributed by atoms with Crippen LogP contribution >= 0.6 is 12.4 Å². The third-order valence-corrected chi connectivity index (χ3v) is 4.55. The summed E-state index contributed by atoms with van der Waals surface area (Å²) >= 11 is 0. The first-order chi connectivity index (χ1) is 11.0. The summed E-state index contributed by atoms with van der Waals surface area (Å²) in [5.41, 5.74) is 4.93. The molecule has 0 fully saturated rings. The SMILES string of the molecule is Cc1ccc(C(C)(C)CNC(=O)c2n[nH]c3c2CNCC3)cc1.Cl. The van der Waals surface area contributed by atoms with E-state index >= 15 is 0 Å². The number of fused-ring (bicyclic) bond motifs is 1. The lowest BCUT2D eigenvalue weighted by molar-refractivity contribution is 0.0939. The number of carbonyl (C=O) groups is 1. The second-order valence-electron chi connectivity index (χ2n) is 6.89. The van der Waals surface area contributed by atoms with Crippen molar-refractivity contribution in [2.45, 2.75) is 39.2 Å². The van der Waals surface area contributed by atoms with E-state index in [1.807, 2.05) is 0 Å². The van der Waals surface area contributed by atoms with Gasteiger partial charge in [-0.2, -0.15) is 5.10 Å². The Bertz CT molecular complexity index is 706. The van der Waals surface area contributed by atoms with E-state index in [1.54, 1.807) is 0 Å². The molecule has 1 aromatic heterocycles. The monoisotopic (exact) mass is 348 g/mol. The number of rotatable bonds is 4. The van der Waals surface area contributed by atoms with Gasteiger partial charge in [0.2, 0.25) is 0 Å². The van der Waals surface area contributed by atoms with E-state index in [0.717, 1.165) is 24.2 Å². The number of H-pyrrole nitrogens is 1. The molecule has 130 valence electrons. The molecule has 3 rings (SSSR count). The lowest BCUT2D eigenvalue weighted by Crippen LogP contribution is -2.37. The minimum atomic E-state index is -0.127. The molecule has 0 spiro atoms. The number of amides is 1. The van der Waals surface area contributed by atoms with Crippen molar-refractivity contribution in [1.29, 1.82) is 0 Å². The maximum absolute atomic E-state index is 12.5. The Labute approximate surface area is 149 Å². The molecule has 2 aromatic rings. The molecule has 1 aliphatic rings. The number of aryl methyl sites for hydroxylation is 1. The molecule has 0 unspecified atom stereocenters. The number of carbonyl (C=O) groups excluding carboxylic acids is 1. The summed E-state index contributed by atoms with van der Waals surface area (Å²) in [6.07, 6.45) is 0.893. The Morgan fingerprint density at radius 1 is 1.29 bits per heavy atom. The maximum Gasteiger partial charge on any atom is 0.272 e. The standard InChI is InChI=1S/C18H24N4O.ClH/c1-12-4-6-13(7-5-12)18(2,3)11-20-17(23)16-14-10-19-9-8-15(14)21-22-16;/h4-7,19H,8-11H2,1-3H3,(H,20,23)(H,21,22);1H. The first-order valence-corrected chi connectivity index (χ1v) is 8.09. The van der Waals surface area contributed by atoms with Crippen LogP contribution in [0.4, 0.5) is 0 Å². The van der Waals surface area contributed by atoms with Crippen molar-refractivity contribution in [3.05, 3.63) is 52.3 Å². The number of hydrogen-bond donors (Lipinski definition) is 3. The van der Waals surface area contributed by atoms with Crippen molar-refractivity contribution in [1.82, 2.24) is 20.8 Å². The van der Waals surface area contributed by atoms with Crippen LogP contribution in [0.1, 0.15) is 46.7 Å². The predicted octanol–water partition coefficient (Wildman–Crippen LogP) is 2.49. The highest BCUT2D eigenvalue weighted by Gasteiger charge is 2.25. The van der Waals surface area contributed by atoms with Crippen LogP contribution in [-0.4, -0.2) is 29.2 Å². The van der Waals surface area contributed by atoms with Gasteiger partial charge >= 0.3 is 0 Å². The minimum absolute atomic E-state index is 0. The second-order valence-corrected chi connectivity index (χ2v) is 6.89. The predicted molar refractivity (Wildman–Crippen MR) is 97.8 cm³/mol. The molecular formula is C18H25ClN4O. The molecule has 5 nitrogen and oxygen atoms in total. The Hall–Kier alpha value is -1.85. The molecule has 1 aliphatic heterocycles. The summed E-state index contributed by atoms with van der Waals surface area (Å²) < 4.78 is 0. The number of benzene rings is 1. The van der Waals surface area contributed by atoms with Gasteiger partial charge in [-0.05, 0) is 12.5 Å². The fourth-order valence-electron chi connectivity index (χ4n) is 2.90. The van der Waals surface area contributed by atoms with Crippen molar-refractivity contribution in [3.63, 3.8) is 0 Å². The van der Waals surface area contributed by atoms with Crippen molar-refractivity contribution in [2.24, 2.45) is 0 Å². The number of halogens is 1. The fraction of sp³-hybridized carbons (Fsp3) is 0.444. The topological polar surface area (TPSA) is 69.8 Å². The number of hydrogen-bond acceptors (Lipinski definition) is 3. The van der Waals surface area contributed by atoms with Gasteiger partial charge in [0, 0.05) is 42.7 Å². The van der Waals surface area contributed by atoms with Crippen LogP contribution < -0.4 is 10.6 Å². The Morgan fingerprint density at radius 3 is 2.71 bits per heavy atom. The number of aromatic amines is 1. The third-order valence-electron chi connectivity index (χ3n) is 4.55. The largest absolute Gasteiger partial charge is 0.350 e. The zero-order chi connectivity index (χ0) is 16.4. The zero-order valence-corrected chi connectivity index (χ0v) is 15.2. The lowest BCUT2D eigenvalue weighted by atomic mass is 9.84. The van der Waals surface area contributed by atoms with E-state index in [0.29, 0.717) is 18.8 Å². The molecule has 0 bridgehead atoms. The summed E-state index contributed by atoms with van der Waals surface area (Å²) in [6, 6.07) is 8.47. The molecule has 1 amide bonds. The molecule has 0 saturated heterocycles. The number of nitrogens with zero attached hydrogens (tertiary/aromatic N) is 1. The third kappa shape index (κ3) is 3.79. The van der Waals surface area contributed by atoms with Crippen LogP contribution in [0.3, 0.4) is 0 Å². The van der Waals surface area contributed by atoms with Crippen molar-refractivity contribution in [2.75, 3.05) is 13.1 Å². The molecule has 24 heavy (non-hydrogen) atoms. The van der Waals surface area contributed by atoms with Crippen molar-refractivity contribution in [3.8, 4) is 0 Å². The van der Waals surface area contributed by atoms with Gasteiger partial charge in [-0.3, -0.25) is 9.89 Å². The highest BCUT2D eigenvalue weighted by atomic mass is 35.5. The summed E-state index contributed by atoms with van der Waals surface area (Å²) in [5.74, 6) is -0.105. The minimum Gasteiger partial charge on any atom is -0.350 e. The van der Waals surface area contributed by atoms with Crippen LogP contribution in [-0.2, 0) is 18.4 Å². The Kier molecular flexibility index (Phi) is 5.67. The van der Waals surface area contributed by atoms with Crippen LogP contribution in [0.25, 0.3) is 0 Å². The van der Waals surface area contributed by atoms with E-state index in [4.69, 9.17) is 0 Å². The van der Waals surface area contributed by atoms with E-state index in [2.05, 4.69) is 65.9 Å². The Balaban J connectivity index is 0.00000208. The van der Waals surface area contributed by atoms with Gasteiger partial charge in [0.05, 0.1) is 0 Å². The molecule has 0 radical (unpaired) electrons. The highest BCUT2D eigenvalue weighted by Crippen LogP contribution is 2.23. The fourth-order valence-corrected chi connectivity index (χ4v) is 2.90. The average Bonchev–Trinajstić information content (AvgIpc) is 2.97. The van der Waals surface area contributed by atoms with E-state index < -0.39 is 0 Å². The quantitative estimate of drug-likeness (QED) is 0.795. The van der Waals surface area contributed by atoms with Crippen molar-refractivity contribution >= 4 is 18.3 Å². The maximum atomic E-state index is 12.5. The van der Waals surface area contributed by atoms with E-state index in [-0.39, 0.29) is 23.7 Å². The molecule has 6 heteroatoms. The van der Waals surface area contributed by atoms with Gasteiger partial charge in [0.1, 0.15) is 0 Å². The molecule has 0 atom stereocenters. The van der Waals surface area contributed by atoms with Crippen LogP contribution in [0.5, 0.6) is 0 Å². The summed E-state index contributed by atoms with van der Waals surface area (Å²) in [5, 5.41) is 13.5. The van der Waals surface area contributed by atoms with Crippen LogP contribution in [0.15, 0.2) is 24.3 Å². The first-order valence-electron chi connectivity index (χ1n) is 8.09. The van der Waals surface area contributed by atoms with Gasteiger partial charge in [0.15, 0.2) is 5.69 Å². The zero-order valence-electron chi connectivity index (χ0n) is 14.4. The highest BCUT2D eigenvalue weighted by molar-refractivity contribution is 5.94. The Morgan fingerprint density at radius 2 is 2.00 bits per heavy atom. The van der Waals surface area contributed by atoms with Gasteiger partial charge in [-0.25, -0.2) is 0 Å². The van der Waals surface area contributed by atoms with Crippen LogP contribution in [0.2, 0.25) is 0 Å². The normalized spacial score (nSPS) is 13.8. The smallest absolute Gasteiger partial charge is 0.272 e. The van der Waals surface area contributed by atoms with Gasteiger partial charge in [0.25, 0.3) is 5.91 Å². The van der Waals surface area contributed by atoms with E-state index in [1.165, 1.54) is 11.1 Å². The molecule has 0 aliphatic carbocycles. The summed E-state index contributed by atoms with van der Waals surface area (Å²) in [6.45, 7) is 8.56. The number of nitrogens with one attached hydrogen (secondary N) is 3. The molecule has 0 saturated carbocycles. The summed E-state index contributed by atoms with van der Waals surface area (Å²) in [4.78, 5) is 12.5. The molecule has 3 N–H and O–H groups in total. The lowest BCUT2D eigenvalue weighted by Gasteiger charge is -2.26. The molecule has 1 aromatic carbocycles. The van der Waals surface area contributed by atoms with Gasteiger partial charge in [-0.1, -0.05) is 43.7 Å². The molecular weight excluding hydrogens is 324 g/mol. The average molecular weight is 349 g/mol. The van der Waals surface area contributed by atoms with E-state index in [9.17, 15) is 4.79 Å². The first kappa shape index (κ1) is 18.5. The number of aromatic nitrogens is 2. The molecule has 2 heterocycles.